The molecule has 9 heteroatoms. The van der Waals surface area contributed by atoms with E-state index in [1.807, 2.05) is 42.2 Å². The maximum Gasteiger partial charge on any atom is 0.324 e. The Bertz CT molecular complexity index is 856. The second kappa shape index (κ2) is 12.8. The Hall–Kier alpha value is -2.10. The predicted octanol–water partition coefficient (Wildman–Crippen LogP) is 5.48. The van der Waals surface area contributed by atoms with Crippen molar-refractivity contribution >= 4 is 40.2 Å². The van der Waals surface area contributed by atoms with Gasteiger partial charge in [0.05, 0.1) is 36.1 Å². The van der Waals surface area contributed by atoms with E-state index in [0.717, 1.165) is 35.5 Å². The molecule has 1 aromatic heterocycles. The molecule has 1 aliphatic carbocycles. The molecule has 1 aromatic carbocycles. The fourth-order valence-corrected chi connectivity index (χ4v) is 5.73. The zero-order valence-corrected chi connectivity index (χ0v) is 20.0. The topological polar surface area (TPSA) is 91.8 Å². The first kappa shape index (κ1) is 24.5. The number of thioether (sulfide) groups is 1. The number of rotatable bonds is 11. The van der Waals surface area contributed by atoms with E-state index >= 15 is 0 Å². The van der Waals surface area contributed by atoms with Crippen molar-refractivity contribution in [1.29, 1.82) is 0 Å². The van der Waals surface area contributed by atoms with Crippen LogP contribution in [0.3, 0.4) is 0 Å². The van der Waals surface area contributed by atoms with E-state index < -0.39 is 5.97 Å². The Morgan fingerprint density at radius 3 is 2.75 bits per heavy atom. The maximum absolute atomic E-state index is 13.2. The van der Waals surface area contributed by atoms with Crippen molar-refractivity contribution in [2.24, 2.45) is 0 Å². The molecule has 0 saturated heterocycles. The van der Waals surface area contributed by atoms with Gasteiger partial charge in [-0.1, -0.05) is 60.9 Å². The van der Waals surface area contributed by atoms with Crippen molar-refractivity contribution in [3.05, 3.63) is 42.1 Å². The van der Waals surface area contributed by atoms with Gasteiger partial charge in [-0.15, -0.1) is 11.8 Å². The number of benzene rings is 1. The van der Waals surface area contributed by atoms with Crippen LogP contribution in [0, 0.1) is 0 Å². The molecule has 1 fully saturated rings. The van der Waals surface area contributed by atoms with Crippen LogP contribution < -0.4 is 5.32 Å². The lowest BCUT2D eigenvalue weighted by molar-refractivity contribution is -0.136. The lowest BCUT2D eigenvalue weighted by Gasteiger charge is -2.38. The lowest BCUT2D eigenvalue weighted by Crippen LogP contribution is -2.50. The highest BCUT2D eigenvalue weighted by molar-refractivity contribution is 8.01. The molecule has 0 spiro atoms. The number of urea groups is 1. The standard InChI is InChI=1S/C23H31N3O4S2/c1-17(15-30-16-18-8-4-2-5-9-18)26(19-10-6-3-7-11-19)23(29)25-22-24-14-21(32-22)31-13-12-20(27)28/h2,4-5,8-9,14,17,19H,3,6-7,10-13,15-16H2,1H3,(H,27,28)(H,24,25,29). The van der Waals surface area contributed by atoms with Gasteiger partial charge in [0.15, 0.2) is 5.13 Å². The van der Waals surface area contributed by atoms with Crippen LogP contribution in [0.2, 0.25) is 0 Å². The molecule has 1 unspecified atom stereocenters. The number of nitrogens with one attached hydrogen (secondary N) is 1. The molecular weight excluding hydrogens is 446 g/mol. The second-order valence-electron chi connectivity index (χ2n) is 7.96. The molecule has 32 heavy (non-hydrogen) atoms. The molecule has 2 aromatic rings. The van der Waals surface area contributed by atoms with E-state index in [2.05, 4.69) is 10.3 Å². The molecule has 2 amide bonds. The van der Waals surface area contributed by atoms with Crippen LogP contribution in [0.4, 0.5) is 9.93 Å². The largest absolute Gasteiger partial charge is 0.481 e. The number of thiazole rings is 1. The summed E-state index contributed by atoms with van der Waals surface area (Å²) in [6, 6.07) is 10.0. The fourth-order valence-electron chi connectivity index (χ4n) is 3.87. The van der Waals surface area contributed by atoms with Crippen LogP contribution in [-0.4, -0.2) is 51.4 Å². The first-order valence-electron chi connectivity index (χ1n) is 11.0. The third-order valence-electron chi connectivity index (χ3n) is 5.41. The Morgan fingerprint density at radius 2 is 2.03 bits per heavy atom. The van der Waals surface area contributed by atoms with Crippen molar-refractivity contribution in [3.8, 4) is 0 Å². The molecule has 1 aliphatic rings. The molecule has 1 saturated carbocycles. The molecule has 0 radical (unpaired) electrons. The van der Waals surface area contributed by atoms with E-state index in [0.29, 0.717) is 24.1 Å². The van der Waals surface area contributed by atoms with Gasteiger partial charge in [0, 0.05) is 11.8 Å². The molecule has 1 heterocycles. The molecule has 1 atom stereocenters. The summed E-state index contributed by atoms with van der Waals surface area (Å²) in [5.41, 5.74) is 1.11. The van der Waals surface area contributed by atoms with Crippen molar-refractivity contribution in [3.63, 3.8) is 0 Å². The first-order valence-corrected chi connectivity index (χ1v) is 12.8. The number of anilines is 1. The van der Waals surface area contributed by atoms with E-state index in [1.165, 1.54) is 29.5 Å². The summed E-state index contributed by atoms with van der Waals surface area (Å²) in [4.78, 5) is 30.2. The number of ether oxygens (including phenoxy) is 1. The zero-order valence-electron chi connectivity index (χ0n) is 18.4. The van der Waals surface area contributed by atoms with Gasteiger partial charge in [0.2, 0.25) is 0 Å². The number of carbonyl (C=O) groups is 2. The zero-order chi connectivity index (χ0) is 22.8. The second-order valence-corrected chi connectivity index (χ2v) is 10.4. The van der Waals surface area contributed by atoms with E-state index in [4.69, 9.17) is 9.84 Å². The SMILES string of the molecule is CC(COCc1ccccc1)N(C(=O)Nc1ncc(SCCC(=O)O)s1)C1CCCCC1. The number of amides is 2. The van der Waals surface area contributed by atoms with Gasteiger partial charge in [-0.2, -0.15) is 0 Å². The molecule has 7 nitrogen and oxygen atoms in total. The quantitative estimate of drug-likeness (QED) is 0.416. The predicted molar refractivity (Wildman–Crippen MR) is 128 cm³/mol. The van der Waals surface area contributed by atoms with Crippen molar-refractivity contribution in [2.45, 2.75) is 68.3 Å². The molecule has 174 valence electrons. The van der Waals surface area contributed by atoms with Gasteiger partial charge in [0.1, 0.15) is 0 Å². The van der Waals surface area contributed by atoms with Gasteiger partial charge in [0.25, 0.3) is 0 Å². The third-order valence-corrected chi connectivity index (χ3v) is 7.52. The molecule has 3 rings (SSSR count). The summed E-state index contributed by atoms with van der Waals surface area (Å²) in [6.45, 7) is 3.02. The molecule has 0 bridgehead atoms. The van der Waals surface area contributed by atoms with Crippen molar-refractivity contribution < 1.29 is 19.4 Å². The number of aliphatic carboxylic acids is 1. The molecule has 2 N–H and O–H groups in total. The molecular formula is C23H31N3O4S2. The summed E-state index contributed by atoms with van der Waals surface area (Å²) >= 11 is 2.81. The number of nitrogens with zero attached hydrogens (tertiary/aromatic N) is 2. The number of hydrogen-bond acceptors (Lipinski definition) is 6. The highest BCUT2D eigenvalue weighted by Crippen LogP contribution is 2.30. The average Bonchev–Trinajstić information content (AvgIpc) is 3.22. The van der Waals surface area contributed by atoms with Gasteiger partial charge >= 0.3 is 12.0 Å². The summed E-state index contributed by atoms with van der Waals surface area (Å²) in [7, 11) is 0. The van der Waals surface area contributed by atoms with Crippen LogP contribution >= 0.6 is 23.1 Å². The van der Waals surface area contributed by atoms with Gasteiger partial charge in [-0.05, 0) is 25.3 Å². The van der Waals surface area contributed by atoms with E-state index in [9.17, 15) is 9.59 Å². The Kier molecular flexibility index (Phi) is 9.83. The van der Waals surface area contributed by atoms with Crippen LogP contribution in [0.15, 0.2) is 40.7 Å². The Morgan fingerprint density at radius 1 is 1.28 bits per heavy atom. The monoisotopic (exact) mass is 477 g/mol. The summed E-state index contributed by atoms with van der Waals surface area (Å²) < 4.78 is 6.83. The summed E-state index contributed by atoms with van der Waals surface area (Å²) in [5.74, 6) is -0.336. The minimum atomic E-state index is -0.817. The van der Waals surface area contributed by atoms with E-state index in [-0.39, 0.29) is 24.5 Å². The third kappa shape index (κ3) is 7.79. The Labute approximate surface area is 197 Å². The first-order chi connectivity index (χ1) is 15.5. The number of carboxylic acids is 1. The van der Waals surface area contributed by atoms with Gasteiger partial charge < -0.3 is 14.7 Å². The number of carboxylic acid groups (broad SMARTS) is 1. The van der Waals surface area contributed by atoms with Crippen LogP contribution in [0.1, 0.15) is 51.0 Å². The average molecular weight is 478 g/mol. The van der Waals surface area contributed by atoms with Gasteiger partial charge in [-0.3, -0.25) is 10.1 Å². The normalized spacial score (nSPS) is 15.3. The number of carbonyl (C=O) groups excluding carboxylic acids is 1. The van der Waals surface area contributed by atoms with E-state index in [1.54, 1.807) is 6.20 Å². The lowest BCUT2D eigenvalue weighted by atomic mass is 9.93. The minimum absolute atomic E-state index is 0.0637. The molecule has 0 aliphatic heterocycles. The fraction of sp³-hybridized carbons (Fsp3) is 0.522. The van der Waals surface area contributed by atoms with Crippen LogP contribution in [-0.2, 0) is 16.1 Å². The Balaban J connectivity index is 1.58. The highest BCUT2D eigenvalue weighted by Gasteiger charge is 2.30. The van der Waals surface area contributed by atoms with Gasteiger partial charge in [-0.25, -0.2) is 9.78 Å². The van der Waals surface area contributed by atoms with Crippen molar-refractivity contribution in [2.75, 3.05) is 17.7 Å². The smallest absolute Gasteiger partial charge is 0.324 e. The number of aromatic nitrogens is 1. The van der Waals surface area contributed by atoms with Crippen LogP contribution in [0.5, 0.6) is 0 Å². The summed E-state index contributed by atoms with van der Waals surface area (Å²) in [6.07, 6.45) is 7.27. The number of hydrogen-bond donors (Lipinski definition) is 2. The maximum atomic E-state index is 13.2. The minimum Gasteiger partial charge on any atom is -0.481 e. The van der Waals surface area contributed by atoms with Crippen LogP contribution in [0.25, 0.3) is 0 Å². The summed E-state index contributed by atoms with van der Waals surface area (Å²) in [5, 5.41) is 12.3. The highest BCUT2D eigenvalue weighted by atomic mass is 32.2. The van der Waals surface area contributed by atoms with Crippen molar-refractivity contribution in [1.82, 2.24) is 9.88 Å².